The molecule has 0 saturated carbocycles. The van der Waals surface area contributed by atoms with Gasteiger partial charge in [0.05, 0.1) is 6.61 Å². The van der Waals surface area contributed by atoms with Gasteiger partial charge in [0, 0.05) is 5.56 Å². The molecule has 0 bridgehead atoms. The number of anilines is 1. The summed E-state index contributed by atoms with van der Waals surface area (Å²) in [6.45, 7) is 1.92. The van der Waals surface area contributed by atoms with Crippen molar-refractivity contribution in [2.24, 2.45) is 0 Å². The molecule has 0 saturated heterocycles. The average molecular weight is 274 g/mol. The van der Waals surface area contributed by atoms with Crippen LogP contribution in [0.5, 0.6) is 0 Å². The maximum absolute atomic E-state index is 11.5. The molecule has 0 fully saturated rings. The Morgan fingerprint density at radius 1 is 1.30 bits per heavy atom. The maximum Gasteiger partial charge on any atom is 0.315 e. The van der Waals surface area contributed by atoms with Gasteiger partial charge in [-0.15, -0.1) is 5.10 Å². The minimum absolute atomic E-state index is 0.123. The Morgan fingerprint density at radius 2 is 2.05 bits per heavy atom. The van der Waals surface area contributed by atoms with Crippen LogP contribution in [-0.2, 0) is 14.3 Å². The van der Waals surface area contributed by atoms with E-state index in [2.05, 4.69) is 25.2 Å². The number of esters is 1. The summed E-state index contributed by atoms with van der Waals surface area (Å²) in [5.41, 5.74) is 0.853. The molecule has 20 heavy (non-hydrogen) atoms. The number of amides is 1. The predicted molar refractivity (Wildman–Crippen MR) is 71.7 cm³/mol. The topological polar surface area (TPSA) is 97.0 Å². The van der Waals surface area contributed by atoms with Gasteiger partial charge in [0.2, 0.25) is 11.9 Å². The lowest BCUT2D eigenvalue weighted by Crippen LogP contribution is -2.18. The fourth-order valence-electron chi connectivity index (χ4n) is 1.55. The van der Waals surface area contributed by atoms with E-state index in [1.165, 1.54) is 0 Å². The second kappa shape index (κ2) is 6.46. The van der Waals surface area contributed by atoms with Crippen LogP contribution in [0.15, 0.2) is 30.3 Å². The van der Waals surface area contributed by atoms with Crippen LogP contribution >= 0.6 is 0 Å². The first-order valence-electron chi connectivity index (χ1n) is 6.12. The van der Waals surface area contributed by atoms with Gasteiger partial charge >= 0.3 is 5.97 Å². The maximum atomic E-state index is 11.5. The number of benzene rings is 1. The van der Waals surface area contributed by atoms with Crippen molar-refractivity contribution in [1.29, 1.82) is 0 Å². The summed E-state index contributed by atoms with van der Waals surface area (Å²) in [4.78, 5) is 26.8. The summed E-state index contributed by atoms with van der Waals surface area (Å²) in [6.07, 6.45) is -0.358. The van der Waals surface area contributed by atoms with Crippen molar-refractivity contribution >= 4 is 17.8 Å². The van der Waals surface area contributed by atoms with Crippen LogP contribution in [-0.4, -0.2) is 33.7 Å². The van der Waals surface area contributed by atoms with E-state index >= 15 is 0 Å². The SMILES string of the molecule is CCOC(=O)CC(=O)Nc1n[nH]c(-c2ccccc2)n1. The van der Waals surface area contributed by atoms with Crippen molar-refractivity contribution in [1.82, 2.24) is 15.2 Å². The first-order chi connectivity index (χ1) is 9.69. The van der Waals surface area contributed by atoms with Gasteiger partial charge in [-0.3, -0.25) is 20.0 Å². The number of aromatic amines is 1. The highest BCUT2D eigenvalue weighted by Crippen LogP contribution is 2.14. The number of nitrogens with one attached hydrogen (secondary N) is 2. The Balaban J connectivity index is 1.96. The molecule has 0 radical (unpaired) electrons. The summed E-state index contributed by atoms with van der Waals surface area (Å²) in [5, 5.41) is 9.01. The molecule has 0 spiro atoms. The van der Waals surface area contributed by atoms with E-state index < -0.39 is 11.9 Å². The number of hydrogen-bond acceptors (Lipinski definition) is 5. The molecule has 2 N–H and O–H groups in total. The third-order valence-corrected chi connectivity index (χ3v) is 2.39. The monoisotopic (exact) mass is 274 g/mol. The number of aromatic nitrogens is 3. The Labute approximate surface area is 115 Å². The summed E-state index contributed by atoms with van der Waals surface area (Å²) in [7, 11) is 0. The first kappa shape index (κ1) is 13.7. The van der Waals surface area contributed by atoms with Crippen molar-refractivity contribution in [3.8, 4) is 11.4 Å². The van der Waals surface area contributed by atoms with E-state index in [1.54, 1.807) is 6.92 Å². The highest BCUT2D eigenvalue weighted by molar-refractivity contribution is 6.01. The van der Waals surface area contributed by atoms with Crippen LogP contribution in [0, 0.1) is 0 Å². The zero-order valence-corrected chi connectivity index (χ0v) is 10.9. The van der Waals surface area contributed by atoms with Crippen LogP contribution in [0.2, 0.25) is 0 Å². The second-order valence-electron chi connectivity index (χ2n) is 3.90. The minimum atomic E-state index is -0.580. The van der Waals surface area contributed by atoms with Crippen molar-refractivity contribution < 1.29 is 14.3 Å². The van der Waals surface area contributed by atoms with E-state index in [-0.39, 0.29) is 19.0 Å². The van der Waals surface area contributed by atoms with Gasteiger partial charge in [0.25, 0.3) is 0 Å². The zero-order valence-electron chi connectivity index (χ0n) is 10.9. The Morgan fingerprint density at radius 3 is 2.75 bits per heavy atom. The number of ether oxygens (including phenoxy) is 1. The van der Waals surface area contributed by atoms with Gasteiger partial charge in [-0.25, -0.2) is 0 Å². The molecule has 0 aliphatic rings. The molecule has 0 unspecified atom stereocenters. The molecule has 7 nitrogen and oxygen atoms in total. The molecule has 0 aliphatic carbocycles. The van der Waals surface area contributed by atoms with Crippen molar-refractivity contribution in [3.63, 3.8) is 0 Å². The second-order valence-corrected chi connectivity index (χ2v) is 3.90. The molecule has 2 aromatic rings. The minimum Gasteiger partial charge on any atom is -0.466 e. The smallest absolute Gasteiger partial charge is 0.315 e. The van der Waals surface area contributed by atoms with Gasteiger partial charge in [-0.05, 0) is 6.92 Å². The van der Waals surface area contributed by atoms with E-state index in [4.69, 9.17) is 0 Å². The Bertz CT molecular complexity index is 595. The van der Waals surface area contributed by atoms with Crippen molar-refractivity contribution in [2.45, 2.75) is 13.3 Å². The molecule has 1 heterocycles. The highest BCUT2D eigenvalue weighted by Gasteiger charge is 2.13. The number of H-pyrrole nitrogens is 1. The van der Waals surface area contributed by atoms with Crippen LogP contribution in [0.1, 0.15) is 13.3 Å². The van der Waals surface area contributed by atoms with Crippen LogP contribution in [0.3, 0.4) is 0 Å². The summed E-state index contributed by atoms with van der Waals surface area (Å²) >= 11 is 0. The number of nitrogens with zero attached hydrogens (tertiary/aromatic N) is 2. The Kier molecular flexibility index (Phi) is 4.43. The molecule has 0 aliphatic heterocycles. The average Bonchev–Trinajstić information content (AvgIpc) is 2.88. The lowest BCUT2D eigenvalue weighted by Gasteiger charge is -2.00. The van der Waals surface area contributed by atoms with E-state index in [0.717, 1.165) is 5.56 Å². The Hall–Kier alpha value is -2.70. The molecule has 0 atom stereocenters. The molecule has 1 aromatic carbocycles. The highest BCUT2D eigenvalue weighted by atomic mass is 16.5. The largest absolute Gasteiger partial charge is 0.466 e. The van der Waals surface area contributed by atoms with Crippen molar-refractivity contribution in [3.05, 3.63) is 30.3 Å². The van der Waals surface area contributed by atoms with Gasteiger partial charge < -0.3 is 4.74 Å². The normalized spacial score (nSPS) is 10.1. The lowest BCUT2D eigenvalue weighted by atomic mass is 10.2. The van der Waals surface area contributed by atoms with E-state index in [0.29, 0.717) is 5.82 Å². The zero-order chi connectivity index (χ0) is 14.4. The number of rotatable bonds is 5. The van der Waals surface area contributed by atoms with Crippen LogP contribution in [0.4, 0.5) is 5.95 Å². The van der Waals surface area contributed by atoms with Gasteiger partial charge in [0.15, 0.2) is 5.82 Å². The van der Waals surface area contributed by atoms with Crippen LogP contribution < -0.4 is 5.32 Å². The first-order valence-corrected chi connectivity index (χ1v) is 6.12. The number of carbonyl (C=O) groups is 2. The quantitative estimate of drug-likeness (QED) is 0.634. The van der Waals surface area contributed by atoms with Gasteiger partial charge in [-0.1, -0.05) is 30.3 Å². The van der Waals surface area contributed by atoms with Crippen molar-refractivity contribution in [2.75, 3.05) is 11.9 Å². The molecule has 1 aromatic heterocycles. The summed E-state index contributed by atoms with van der Waals surface area (Å²) in [5.74, 6) is -0.430. The van der Waals surface area contributed by atoms with E-state index in [9.17, 15) is 9.59 Å². The van der Waals surface area contributed by atoms with Gasteiger partial charge in [0.1, 0.15) is 6.42 Å². The van der Waals surface area contributed by atoms with Crippen LogP contribution in [0.25, 0.3) is 11.4 Å². The third-order valence-electron chi connectivity index (χ3n) is 2.39. The standard InChI is InChI=1S/C13H14N4O3/c1-2-20-11(19)8-10(18)14-13-15-12(16-17-13)9-6-4-3-5-7-9/h3-7H,2,8H2,1H3,(H2,14,15,16,17,18). The molecular weight excluding hydrogens is 260 g/mol. The van der Waals surface area contributed by atoms with E-state index in [1.807, 2.05) is 30.3 Å². The summed E-state index contributed by atoms with van der Waals surface area (Å²) < 4.78 is 4.68. The lowest BCUT2D eigenvalue weighted by molar-refractivity contribution is -0.145. The molecule has 104 valence electrons. The fourth-order valence-corrected chi connectivity index (χ4v) is 1.55. The third kappa shape index (κ3) is 3.64. The number of hydrogen-bond donors (Lipinski definition) is 2. The molecule has 2 rings (SSSR count). The predicted octanol–water partition coefficient (Wildman–Crippen LogP) is 1.36. The number of carbonyl (C=O) groups excluding carboxylic acids is 2. The summed E-state index contributed by atoms with van der Waals surface area (Å²) in [6, 6.07) is 9.37. The molecular formula is C13H14N4O3. The molecule has 7 heteroatoms. The van der Waals surface area contributed by atoms with Gasteiger partial charge in [-0.2, -0.15) is 4.98 Å². The fraction of sp³-hybridized carbons (Fsp3) is 0.231. The molecule has 1 amide bonds.